The van der Waals surface area contributed by atoms with Crippen molar-refractivity contribution in [3.8, 4) is 23.6 Å². The minimum absolute atomic E-state index is 0.0492. The normalized spacial score (nSPS) is 19.3. The van der Waals surface area contributed by atoms with E-state index < -0.39 is 11.6 Å². The Bertz CT molecular complexity index is 1130. The van der Waals surface area contributed by atoms with E-state index in [-0.39, 0.29) is 17.6 Å². The fourth-order valence-corrected chi connectivity index (χ4v) is 3.66. The molecule has 0 amide bonds. The zero-order chi connectivity index (χ0) is 19.8. The summed E-state index contributed by atoms with van der Waals surface area (Å²) in [5.74, 6) is 1.51. The van der Waals surface area contributed by atoms with Crippen molar-refractivity contribution in [3.63, 3.8) is 0 Å². The van der Waals surface area contributed by atoms with Gasteiger partial charge < -0.3 is 10.3 Å². The van der Waals surface area contributed by atoms with E-state index in [0.29, 0.717) is 27.5 Å². The maximum atomic E-state index is 14.4. The van der Waals surface area contributed by atoms with Crippen molar-refractivity contribution < 1.29 is 8.78 Å². The average molecular weight is 399 g/mol. The molecule has 3 heterocycles. The number of fused-ring (bicyclic) bond motifs is 2. The van der Waals surface area contributed by atoms with E-state index >= 15 is 0 Å². The van der Waals surface area contributed by atoms with Crippen LogP contribution in [-0.4, -0.2) is 21.0 Å². The number of halogens is 3. The third-order valence-electron chi connectivity index (χ3n) is 4.80. The molecule has 0 saturated heterocycles. The second kappa shape index (κ2) is 7.25. The van der Waals surface area contributed by atoms with Crippen molar-refractivity contribution in [3.05, 3.63) is 52.8 Å². The van der Waals surface area contributed by atoms with Crippen LogP contribution in [0.4, 0.5) is 14.6 Å². The zero-order valence-electron chi connectivity index (χ0n) is 15.1. The van der Waals surface area contributed by atoms with E-state index in [9.17, 15) is 8.78 Å². The molecule has 2 N–H and O–H groups in total. The van der Waals surface area contributed by atoms with Crippen LogP contribution in [0.2, 0.25) is 5.02 Å². The van der Waals surface area contributed by atoms with Gasteiger partial charge in [-0.1, -0.05) is 23.3 Å². The lowest BCUT2D eigenvalue weighted by Gasteiger charge is -2.14. The molecule has 3 aromatic heterocycles. The summed E-state index contributed by atoms with van der Waals surface area (Å²) >= 11 is 5.99. The number of allylic oxidation sites excluding steroid dienone is 1. The lowest BCUT2D eigenvalue weighted by Crippen LogP contribution is -2.17. The first-order valence-electron chi connectivity index (χ1n) is 8.83. The van der Waals surface area contributed by atoms with Crippen LogP contribution in [0, 0.1) is 29.9 Å². The van der Waals surface area contributed by atoms with Crippen LogP contribution in [0.15, 0.2) is 36.2 Å². The number of rotatable bonds is 3. The summed E-state index contributed by atoms with van der Waals surface area (Å²) in [6, 6.07) is 2.60. The summed E-state index contributed by atoms with van der Waals surface area (Å²) in [5.41, 5.74) is 2.55. The van der Waals surface area contributed by atoms with Gasteiger partial charge in [-0.2, -0.15) is 0 Å². The Morgan fingerprint density at radius 1 is 1.32 bits per heavy atom. The van der Waals surface area contributed by atoms with Crippen LogP contribution < -0.4 is 5.32 Å². The molecule has 28 heavy (non-hydrogen) atoms. The fourth-order valence-electron chi connectivity index (χ4n) is 3.50. The summed E-state index contributed by atoms with van der Waals surface area (Å²) < 4.78 is 28.6. The van der Waals surface area contributed by atoms with Gasteiger partial charge in [0.2, 0.25) is 0 Å². The van der Waals surface area contributed by atoms with Crippen LogP contribution in [0.5, 0.6) is 0 Å². The van der Waals surface area contributed by atoms with Gasteiger partial charge >= 0.3 is 0 Å². The highest BCUT2D eigenvalue weighted by Gasteiger charge is 2.38. The monoisotopic (exact) mass is 398 g/mol. The smallest absolute Gasteiger partial charge is 0.168 e. The van der Waals surface area contributed by atoms with Crippen molar-refractivity contribution in [2.24, 2.45) is 5.92 Å². The first-order chi connectivity index (χ1) is 13.5. The van der Waals surface area contributed by atoms with Gasteiger partial charge in [0.25, 0.3) is 0 Å². The fraction of sp³-hybridized carbons (Fsp3) is 0.238. The van der Waals surface area contributed by atoms with Crippen LogP contribution in [0.25, 0.3) is 22.3 Å². The molecule has 0 aliphatic heterocycles. The number of aromatic nitrogens is 3. The molecule has 142 valence electrons. The first-order valence-corrected chi connectivity index (χ1v) is 9.21. The summed E-state index contributed by atoms with van der Waals surface area (Å²) in [4.78, 5) is 11.3. The maximum Gasteiger partial charge on any atom is 0.168 e. The Balaban J connectivity index is 0.000000604. The third-order valence-corrected chi connectivity index (χ3v) is 5.01. The van der Waals surface area contributed by atoms with E-state index in [2.05, 4.69) is 38.7 Å². The minimum Gasteiger partial charge on any atom is -0.361 e. The van der Waals surface area contributed by atoms with Crippen LogP contribution >= 0.6 is 11.6 Å². The molecule has 5 rings (SSSR count). The van der Waals surface area contributed by atoms with Gasteiger partial charge in [0, 0.05) is 35.5 Å². The Labute approximate surface area is 166 Å². The van der Waals surface area contributed by atoms with Gasteiger partial charge in [0.15, 0.2) is 17.5 Å². The Kier molecular flexibility index (Phi) is 4.78. The van der Waals surface area contributed by atoms with E-state index in [1.807, 2.05) is 0 Å². The second-order valence-corrected chi connectivity index (χ2v) is 7.26. The number of anilines is 1. The molecule has 0 aromatic carbocycles. The van der Waals surface area contributed by atoms with Gasteiger partial charge in [-0.3, -0.25) is 0 Å². The van der Waals surface area contributed by atoms with Crippen LogP contribution in [-0.2, 0) is 0 Å². The molecular weight excluding hydrogens is 382 g/mol. The maximum absolute atomic E-state index is 14.4. The van der Waals surface area contributed by atoms with Gasteiger partial charge in [-0.15, -0.1) is 12.3 Å². The number of aromatic amines is 1. The highest BCUT2D eigenvalue weighted by atomic mass is 35.5. The topological polar surface area (TPSA) is 53.6 Å². The summed E-state index contributed by atoms with van der Waals surface area (Å²) in [6.45, 7) is 1.65. The molecule has 2 unspecified atom stereocenters. The number of terminal acetylenes is 1. The molecule has 3 aromatic rings. The average Bonchev–Trinajstić information content (AvgIpc) is 3.07. The molecule has 1 saturated carbocycles. The van der Waals surface area contributed by atoms with Gasteiger partial charge in [0.05, 0.1) is 5.02 Å². The predicted octanol–water partition coefficient (Wildman–Crippen LogP) is 5.33. The lowest BCUT2D eigenvalue weighted by atomic mass is 10.1. The van der Waals surface area contributed by atoms with E-state index in [1.54, 1.807) is 19.2 Å². The summed E-state index contributed by atoms with van der Waals surface area (Å²) in [5, 5.41) is 4.15. The molecular formula is C21H17ClF2N4. The predicted molar refractivity (Wildman–Crippen MR) is 107 cm³/mol. The Morgan fingerprint density at radius 3 is 2.82 bits per heavy atom. The van der Waals surface area contributed by atoms with E-state index in [4.69, 9.17) is 11.6 Å². The van der Waals surface area contributed by atoms with Crippen molar-refractivity contribution in [2.45, 2.75) is 25.8 Å². The zero-order valence-corrected chi connectivity index (χ0v) is 15.8. The molecule has 0 bridgehead atoms. The summed E-state index contributed by atoms with van der Waals surface area (Å²) in [6.07, 6.45) is 11.9. The number of hydrogen-bond acceptors (Lipinski definition) is 3. The van der Waals surface area contributed by atoms with Crippen molar-refractivity contribution in [1.29, 1.82) is 0 Å². The van der Waals surface area contributed by atoms with E-state index in [0.717, 1.165) is 18.9 Å². The van der Waals surface area contributed by atoms with Gasteiger partial charge in [-0.25, -0.2) is 18.7 Å². The van der Waals surface area contributed by atoms with Crippen molar-refractivity contribution >= 4 is 28.5 Å². The Morgan fingerprint density at radius 2 is 2.11 bits per heavy atom. The minimum atomic E-state index is -0.725. The summed E-state index contributed by atoms with van der Waals surface area (Å²) in [7, 11) is 0. The van der Waals surface area contributed by atoms with Gasteiger partial charge in [-0.05, 0) is 31.7 Å². The number of pyridine rings is 2. The third kappa shape index (κ3) is 3.46. The molecule has 7 heteroatoms. The number of H-pyrrole nitrogens is 1. The second-order valence-electron chi connectivity index (χ2n) is 6.82. The standard InChI is InChI=1S/C18H13ClF2N4.C3H4/c19-10-4-12-13(7-23-17(12)22-6-10)16-14(20)5-15(21)18(25-16)24-11-2-8-1-9(8)3-11;1-3-2/h2,4-7,9,11H,1,3H2,(H,22,23)(H,24,25);1H,2H3. The SMILES string of the molecule is C#CC.Fc1cc(F)c(-c2c[nH]c3ncc(Cl)cc23)nc1NC1C=C2CC2C1. The molecule has 2 aliphatic rings. The molecule has 4 nitrogen and oxygen atoms in total. The molecule has 2 aliphatic carbocycles. The molecule has 0 spiro atoms. The largest absolute Gasteiger partial charge is 0.361 e. The van der Waals surface area contributed by atoms with Crippen LogP contribution in [0.1, 0.15) is 19.8 Å². The number of nitrogens with zero attached hydrogens (tertiary/aromatic N) is 2. The number of nitrogens with one attached hydrogen (secondary N) is 2. The quantitative estimate of drug-likeness (QED) is 0.463. The lowest BCUT2D eigenvalue weighted by molar-refractivity contribution is 0.576. The van der Waals surface area contributed by atoms with Crippen molar-refractivity contribution in [2.75, 3.05) is 5.32 Å². The van der Waals surface area contributed by atoms with Gasteiger partial charge in [0.1, 0.15) is 11.3 Å². The molecule has 2 atom stereocenters. The van der Waals surface area contributed by atoms with Crippen LogP contribution in [0.3, 0.4) is 0 Å². The highest BCUT2D eigenvalue weighted by molar-refractivity contribution is 6.31. The van der Waals surface area contributed by atoms with E-state index in [1.165, 1.54) is 11.8 Å². The highest BCUT2D eigenvalue weighted by Crippen LogP contribution is 2.47. The molecule has 1 fully saturated rings. The Hall–Kier alpha value is -2.91. The number of hydrogen-bond donors (Lipinski definition) is 2. The molecule has 0 radical (unpaired) electrons. The first kappa shape index (κ1) is 18.5. The van der Waals surface area contributed by atoms with Crippen molar-refractivity contribution in [1.82, 2.24) is 15.0 Å².